The van der Waals surface area contributed by atoms with Crippen molar-refractivity contribution in [2.75, 3.05) is 0 Å². The third-order valence-corrected chi connectivity index (χ3v) is 5.96. The first kappa shape index (κ1) is 25.1. The zero-order valence-corrected chi connectivity index (χ0v) is 17.3. The van der Waals surface area contributed by atoms with Crippen molar-refractivity contribution in [3.05, 3.63) is 0 Å². The number of rotatable bonds is 4. The Morgan fingerprint density at radius 2 is 0.871 bits per heavy atom. The van der Waals surface area contributed by atoms with Crippen LogP contribution in [-0.4, -0.2) is 133 Å². The molecular weight excluding hydrogens is 424 g/mol. The van der Waals surface area contributed by atoms with Crippen LogP contribution in [0.3, 0.4) is 0 Å². The molecule has 0 radical (unpaired) electrons. The minimum atomic E-state index is -1.67. The Balaban J connectivity index is 1.65. The Morgan fingerprint density at radius 3 is 1.42 bits per heavy atom. The predicted octanol–water partition coefficient (Wildman–Crippen LogP) is -4.49. The van der Waals surface area contributed by atoms with Crippen LogP contribution in [0.2, 0.25) is 0 Å². The summed E-state index contributed by atoms with van der Waals surface area (Å²) in [5.41, 5.74) is 0. The standard InChI is InChI=1S/C18H32O13/c1-4-7(19)8(20)12(24)17(28-4)31-15-6(3)29-18(13(25)10(15)22)30-14-5(2)27-16(26)11(23)9(14)21/h4-26H,1-3H3/t4-,5-,6-,7-,8+,9-,10-,11+,12+,13+,14-,15-,16?,17+,18+/m0/s1. The normalized spacial score (nSPS) is 56.4. The van der Waals surface area contributed by atoms with Crippen LogP contribution >= 0.6 is 0 Å². The molecule has 0 amide bonds. The van der Waals surface area contributed by atoms with Crippen molar-refractivity contribution >= 4 is 0 Å². The maximum Gasteiger partial charge on any atom is 0.187 e. The summed E-state index contributed by atoms with van der Waals surface area (Å²) < 4.78 is 27.1. The van der Waals surface area contributed by atoms with Crippen molar-refractivity contribution in [1.82, 2.24) is 0 Å². The van der Waals surface area contributed by atoms with E-state index in [2.05, 4.69) is 0 Å². The number of ether oxygens (including phenoxy) is 5. The predicted molar refractivity (Wildman–Crippen MR) is 97.0 cm³/mol. The second kappa shape index (κ2) is 9.77. The Hall–Kier alpha value is -0.520. The fraction of sp³-hybridized carbons (Fsp3) is 1.00. The van der Waals surface area contributed by atoms with Gasteiger partial charge in [0.25, 0.3) is 0 Å². The lowest BCUT2D eigenvalue weighted by atomic mass is 9.96. The minimum absolute atomic E-state index is 0.864. The highest BCUT2D eigenvalue weighted by atomic mass is 16.7. The highest BCUT2D eigenvalue weighted by Gasteiger charge is 2.51. The van der Waals surface area contributed by atoms with E-state index in [1.165, 1.54) is 20.8 Å². The van der Waals surface area contributed by atoms with Crippen LogP contribution in [-0.2, 0) is 23.7 Å². The summed E-state index contributed by atoms with van der Waals surface area (Å²) in [6.45, 7) is 4.44. The Kier molecular flexibility index (Phi) is 7.91. The average Bonchev–Trinajstić information content (AvgIpc) is 2.72. The number of aliphatic hydroxyl groups is 8. The SMILES string of the molecule is C[C@@H]1O[C@H](O[C@@H]2[C@@H](O)[C@@H](O)[C@@H](O[C@@H]3[C@@H](O)[C@@H](O)C(O)O[C@H]3C)O[C@H]2C)[C@H](O)[C@H](O)[C@H]1O. The molecule has 3 saturated heterocycles. The average molecular weight is 456 g/mol. The molecule has 15 atom stereocenters. The number of hydrogen-bond donors (Lipinski definition) is 8. The van der Waals surface area contributed by atoms with Gasteiger partial charge < -0.3 is 64.5 Å². The van der Waals surface area contributed by atoms with Crippen molar-refractivity contribution < 1.29 is 64.5 Å². The van der Waals surface area contributed by atoms with Crippen LogP contribution < -0.4 is 0 Å². The summed E-state index contributed by atoms with van der Waals surface area (Å²) >= 11 is 0. The zero-order chi connectivity index (χ0) is 23.2. The molecule has 8 N–H and O–H groups in total. The summed E-state index contributed by atoms with van der Waals surface area (Å²) in [4.78, 5) is 0. The molecule has 0 aromatic carbocycles. The third-order valence-electron chi connectivity index (χ3n) is 5.96. The molecule has 0 bridgehead atoms. The van der Waals surface area contributed by atoms with Gasteiger partial charge in [0.15, 0.2) is 18.9 Å². The van der Waals surface area contributed by atoms with Crippen LogP contribution in [0, 0.1) is 0 Å². The molecule has 13 heteroatoms. The minimum Gasteiger partial charge on any atom is -0.388 e. The van der Waals surface area contributed by atoms with Gasteiger partial charge in [-0.05, 0) is 20.8 Å². The molecule has 3 aliphatic heterocycles. The maximum atomic E-state index is 10.6. The molecule has 182 valence electrons. The summed E-state index contributed by atoms with van der Waals surface area (Å²) in [6.07, 6.45) is -20.4. The van der Waals surface area contributed by atoms with Crippen molar-refractivity contribution in [3.63, 3.8) is 0 Å². The smallest absolute Gasteiger partial charge is 0.187 e. The Morgan fingerprint density at radius 1 is 0.452 bits per heavy atom. The molecule has 3 fully saturated rings. The molecule has 3 heterocycles. The van der Waals surface area contributed by atoms with Gasteiger partial charge in [0.2, 0.25) is 0 Å². The van der Waals surface area contributed by atoms with E-state index in [-0.39, 0.29) is 0 Å². The molecule has 0 aromatic rings. The topological polar surface area (TPSA) is 208 Å². The van der Waals surface area contributed by atoms with E-state index >= 15 is 0 Å². The van der Waals surface area contributed by atoms with Crippen LogP contribution in [0.1, 0.15) is 20.8 Å². The Labute approximate surface area is 178 Å². The van der Waals surface area contributed by atoms with Crippen molar-refractivity contribution in [1.29, 1.82) is 0 Å². The molecule has 0 saturated carbocycles. The van der Waals surface area contributed by atoms with Crippen LogP contribution in [0.5, 0.6) is 0 Å². The first-order valence-corrected chi connectivity index (χ1v) is 10.2. The number of hydrogen-bond acceptors (Lipinski definition) is 13. The van der Waals surface area contributed by atoms with Gasteiger partial charge in [-0.25, -0.2) is 0 Å². The largest absolute Gasteiger partial charge is 0.388 e. The quantitative estimate of drug-likeness (QED) is 0.201. The zero-order valence-electron chi connectivity index (χ0n) is 17.3. The van der Waals surface area contributed by atoms with Gasteiger partial charge in [0, 0.05) is 0 Å². The van der Waals surface area contributed by atoms with Crippen LogP contribution in [0.15, 0.2) is 0 Å². The van der Waals surface area contributed by atoms with Crippen LogP contribution in [0.4, 0.5) is 0 Å². The van der Waals surface area contributed by atoms with Gasteiger partial charge in [-0.1, -0.05) is 0 Å². The van der Waals surface area contributed by atoms with E-state index in [9.17, 15) is 40.9 Å². The lowest BCUT2D eigenvalue weighted by Gasteiger charge is -2.47. The van der Waals surface area contributed by atoms with Gasteiger partial charge in [0.05, 0.1) is 18.3 Å². The van der Waals surface area contributed by atoms with Gasteiger partial charge >= 0.3 is 0 Å². The molecule has 31 heavy (non-hydrogen) atoms. The first-order valence-electron chi connectivity index (χ1n) is 10.2. The molecule has 0 spiro atoms. The fourth-order valence-corrected chi connectivity index (χ4v) is 3.95. The van der Waals surface area contributed by atoms with E-state index < -0.39 is 92.1 Å². The van der Waals surface area contributed by atoms with E-state index in [0.717, 1.165) is 0 Å². The lowest BCUT2D eigenvalue weighted by Crippen LogP contribution is -2.65. The Bertz CT molecular complexity index is 595. The molecule has 0 aromatic heterocycles. The third kappa shape index (κ3) is 4.89. The molecule has 3 aliphatic rings. The maximum absolute atomic E-state index is 10.6. The second-order valence-electron chi connectivity index (χ2n) is 8.29. The van der Waals surface area contributed by atoms with Crippen LogP contribution in [0.25, 0.3) is 0 Å². The van der Waals surface area contributed by atoms with Crippen molar-refractivity contribution in [3.8, 4) is 0 Å². The first-order chi connectivity index (χ1) is 14.4. The highest BCUT2D eigenvalue weighted by Crippen LogP contribution is 2.31. The highest BCUT2D eigenvalue weighted by molar-refractivity contribution is 4.94. The van der Waals surface area contributed by atoms with E-state index in [1.54, 1.807) is 0 Å². The van der Waals surface area contributed by atoms with Gasteiger partial charge in [0.1, 0.15) is 54.9 Å². The molecule has 1 unspecified atom stereocenters. The van der Waals surface area contributed by atoms with Gasteiger partial charge in [-0.15, -0.1) is 0 Å². The molecule has 13 nitrogen and oxygen atoms in total. The summed E-state index contributed by atoms with van der Waals surface area (Å²) in [7, 11) is 0. The van der Waals surface area contributed by atoms with E-state index in [1.807, 2.05) is 0 Å². The molecule has 3 rings (SSSR count). The summed E-state index contributed by atoms with van der Waals surface area (Å²) in [6, 6.07) is 0. The van der Waals surface area contributed by atoms with Gasteiger partial charge in [-0.3, -0.25) is 0 Å². The monoisotopic (exact) mass is 456 g/mol. The molecular formula is C18H32O13. The summed E-state index contributed by atoms with van der Waals surface area (Å²) in [5, 5.41) is 80.4. The van der Waals surface area contributed by atoms with Gasteiger partial charge in [-0.2, -0.15) is 0 Å². The van der Waals surface area contributed by atoms with Crippen molar-refractivity contribution in [2.45, 2.75) is 113 Å². The lowest BCUT2D eigenvalue weighted by molar-refractivity contribution is -0.370. The van der Waals surface area contributed by atoms with E-state index in [4.69, 9.17) is 23.7 Å². The van der Waals surface area contributed by atoms with Crippen molar-refractivity contribution in [2.24, 2.45) is 0 Å². The molecule has 0 aliphatic carbocycles. The summed E-state index contributed by atoms with van der Waals surface area (Å²) in [5.74, 6) is 0. The fourth-order valence-electron chi connectivity index (χ4n) is 3.95. The second-order valence-corrected chi connectivity index (χ2v) is 8.29. The van der Waals surface area contributed by atoms with E-state index in [0.29, 0.717) is 0 Å². The number of aliphatic hydroxyl groups excluding tert-OH is 8.